The summed E-state index contributed by atoms with van der Waals surface area (Å²) in [6, 6.07) is 1.04. The minimum Gasteiger partial charge on any atom is -0.352 e. The van der Waals surface area contributed by atoms with Crippen LogP contribution >= 0.6 is 0 Å². The predicted molar refractivity (Wildman–Crippen MR) is 101 cm³/mol. The third kappa shape index (κ3) is 7.52. The summed E-state index contributed by atoms with van der Waals surface area (Å²) in [6.07, 6.45) is 14.8. The quantitative estimate of drug-likeness (QED) is 0.595. The van der Waals surface area contributed by atoms with Crippen molar-refractivity contribution in [3.8, 4) is 0 Å². The molecule has 3 N–H and O–H groups in total. The van der Waals surface area contributed by atoms with Crippen LogP contribution in [0.1, 0.15) is 84.0 Å². The Hall–Kier alpha value is -0.610. The molecule has 1 heterocycles. The van der Waals surface area contributed by atoms with E-state index < -0.39 is 0 Å². The van der Waals surface area contributed by atoms with Crippen LogP contribution in [0.15, 0.2) is 0 Å². The molecule has 3 atom stereocenters. The maximum Gasteiger partial charge on any atom is 0.223 e. The van der Waals surface area contributed by atoms with Crippen molar-refractivity contribution in [2.75, 3.05) is 19.6 Å². The minimum absolute atomic E-state index is 0.244. The van der Waals surface area contributed by atoms with Gasteiger partial charge in [0.1, 0.15) is 0 Å². The SMILES string of the molecule is CCCCCCNC1CCCCC(C(=O)N[C@@H]2CCNC2)CCC1. The second-order valence-corrected chi connectivity index (χ2v) is 7.82. The van der Waals surface area contributed by atoms with Gasteiger partial charge in [0.25, 0.3) is 0 Å². The van der Waals surface area contributed by atoms with Gasteiger partial charge in [0.05, 0.1) is 0 Å². The van der Waals surface area contributed by atoms with Crippen molar-refractivity contribution in [3.05, 3.63) is 0 Å². The second-order valence-electron chi connectivity index (χ2n) is 7.82. The fourth-order valence-corrected chi connectivity index (χ4v) is 4.10. The van der Waals surface area contributed by atoms with Gasteiger partial charge in [-0.15, -0.1) is 0 Å². The lowest BCUT2D eigenvalue weighted by molar-refractivity contribution is -0.126. The Morgan fingerprint density at radius 2 is 1.75 bits per heavy atom. The predicted octanol–water partition coefficient (Wildman–Crippen LogP) is 3.36. The fourth-order valence-electron chi connectivity index (χ4n) is 4.10. The van der Waals surface area contributed by atoms with E-state index in [0.717, 1.165) is 32.4 Å². The molecule has 0 radical (unpaired) electrons. The number of amides is 1. The van der Waals surface area contributed by atoms with Crippen molar-refractivity contribution in [1.82, 2.24) is 16.0 Å². The standard InChI is InChI=1S/C20H39N3O/c1-2-3-4-7-14-22-18-11-6-5-9-17(10-8-12-18)20(24)23-19-13-15-21-16-19/h17-19,21-22H,2-16H2,1H3,(H,23,24)/t17?,18?,19-/m1/s1. The highest BCUT2D eigenvalue weighted by atomic mass is 16.1. The van der Waals surface area contributed by atoms with E-state index in [4.69, 9.17) is 0 Å². The molecule has 2 rings (SSSR count). The zero-order valence-electron chi connectivity index (χ0n) is 15.7. The zero-order valence-corrected chi connectivity index (χ0v) is 15.7. The second kappa shape index (κ2) is 11.9. The summed E-state index contributed by atoms with van der Waals surface area (Å²) >= 11 is 0. The number of carbonyl (C=O) groups is 1. The summed E-state index contributed by atoms with van der Waals surface area (Å²) < 4.78 is 0. The van der Waals surface area contributed by atoms with Crippen molar-refractivity contribution in [2.45, 2.75) is 96.1 Å². The monoisotopic (exact) mass is 337 g/mol. The van der Waals surface area contributed by atoms with Crippen LogP contribution < -0.4 is 16.0 Å². The summed E-state index contributed by atoms with van der Waals surface area (Å²) in [5.74, 6) is 0.559. The molecule has 1 aliphatic heterocycles. The van der Waals surface area contributed by atoms with Crippen LogP contribution in [0.5, 0.6) is 0 Å². The number of unbranched alkanes of at least 4 members (excludes halogenated alkanes) is 3. The molecule has 0 bridgehead atoms. The van der Waals surface area contributed by atoms with Crippen LogP contribution in [0.25, 0.3) is 0 Å². The molecular formula is C20H39N3O. The van der Waals surface area contributed by atoms with Gasteiger partial charge >= 0.3 is 0 Å². The first-order valence-corrected chi connectivity index (χ1v) is 10.5. The van der Waals surface area contributed by atoms with Gasteiger partial charge in [0, 0.05) is 24.5 Å². The molecule has 1 saturated carbocycles. The maximum absolute atomic E-state index is 12.5. The van der Waals surface area contributed by atoms with Gasteiger partial charge in [-0.2, -0.15) is 0 Å². The molecule has 24 heavy (non-hydrogen) atoms. The number of nitrogens with one attached hydrogen (secondary N) is 3. The smallest absolute Gasteiger partial charge is 0.223 e. The highest BCUT2D eigenvalue weighted by Gasteiger charge is 2.24. The first-order valence-electron chi connectivity index (χ1n) is 10.5. The molecule has 2 unspecified atom stereocenters. The van der Waals surface area contributed by atoms with Crippen molar-refractivity contribution in [2.24, 2.45) is 5.92 Å². The van der Waals surface area contributed by atoms with E-state index >= 15 is 0 Å². The van der Waals surface area contributed by atoms with E-state index in [2.05, 4.69) is 22.9 Å². The normalized spacial score (nSPS) is 28.8. The lowest BCUT2D eigenvalue weighted by Crippen LogP contribution is -2.40. The highest BCUT2D eigenvalue weighted by Crippen LogP contribution is 2.23. The number of hydrogen-bond donors (Lipinski definition) is 3. The van der Waals surface area contributed by atoms with Crippen molar-refractivity contribution in [3.63, 3.8) is 0 Å². The third-order valence-corrected chi connectivity index (χ3v) is 5.70. The van der Waals surface area contributed by atoms with Crippen LogP contribution in [0.4, 0.5) is 0 Å². The molecule has 140 valence electrons. The molecule has 4 heteroatoms. The van der Waals surface area contributed by atoms with Crippen LogP contribution in [0, 0.1) is 5.92 Å². The lowest BCUT2D eigenvalue weighted by atomic mass is 9.95. The van der Waals surface area contributed by atoms with Crippen LogP contribution in [0.3, 0.4) is 0 Å². The average molecular weight is 338 g/mol. The molecule has 0 aromatic rings. The molecule has 4 nitrogen and oxygen atoms in total. The Balaban J connectivity index is 1.65. The average Bonchev–Trinajstić information content (AvgIpc) is 3.11. The van der Waals surface area contributed by atoms with Crippen molar-refractivity contribution >= 4 is 5.91 Å². The minimum atomic E-state index is 0.244. The topological polar surface area (TPSA) is 53.2 Å². The summed E-state index contributed by atoms with van der Waals surface area (Å²) in [5, 5.41) is 10.4. The molecule has 1 aliphatic carbocycles. The number of rotatable bonds is 8. The number of hydrogen-bond acceptors (Lipinski definition) is 3. The van der Waals surface area contributed by atoms with E-state index in [1.807, 2.05) is 0 Å². The first kappa shape index (κ1) is 19.7. The summed E-state index contributed by atoms with van der Waals surface area (Å²) in [4.78, 5) is 12.5. The first-order chi connectivity index (χ1) is 11.8. The Morgan fingerprint density at radius 3 is 2.54 bits per heavy atom. The lowest BCUT2D eigenvalue weighted by Gasteiger charge is -2.19. The van der Waals surface area contributed by atoms with Gasteiger partial charge in [-0.3, -0.25) is 4.79 Å². The largest absolute Gasteiger partial charge is 0.352 e. The van der Waals surface area contributed by atoms with Crippen LogP contribution in [-0.2, 0) is 4.79 Å². The Morgan fingerprint density at radius 1 is 0.958 bits per heavy atom. The van der Waals surface area contributed by atoms with E-state index in [1.165, 1.54) is 64.3 Å². The third-order valence-electron chi connectivity index (χ3n) is 5.70. The van der Waals surface area contributed by atoms with E-state index in [9.17, 15) is 4.79 Å². The van der Waals surface area contributed by atoms with Gasteiger partial charge in [-0.05, 0) is 51.6 Å². The zero-order chi connectivity index (χ0) is 17.0. The van der Waals surface area contributed by atoms with Crippen molar-refractivity contribution in [1.29, 1.82) is 0 Å². The molecule has 1 amide bonds. The summed E-state index contributed by atoms with van der Waals surface area (Å²) in [6.45, 7) is 5.43. The van der Waals surface area contributed by atoms with Gasteiger partial charge in [0.15, 0.2) is 0 Å². The Kier molecular flexibility index (Phi) is 9.74. The molecular weight excluding hydrogens is 298 g/mol. The van der Waals surface area contributed by atoms with E-state index in [1.54, 1.807) is 0 Å². The fraction of sp³-hybridized carbons (Fsp3) is 0.950. The van der Waals surface area contributed by atoms with E-state index in [0.29, 0.717) is 18.0 Å². The molecule has 0 aromatic heterocycles. The molecule has 0 spiro atoms. The summed E-state index contributed by atoms with van der Waals surface area (Å²) in [5.41, 5.74) is 0. The van der Waals surface area contributed by atoms with Gasteiger partial charge in [0.2, 0.25) is 5.91 Å². The molecule has 1 saturated heterocycles. The molecule has 2 fully saturated rings. The maximum atomic E-state index is 12.5. The molecule has 0 aromatic carbocycles. The Bertz CT molecular complexity index is 342. The van der Waals surface area contributed by atoms with Crippen LogP contribution in [-0.4, -0.2) is 37.6 Å². The van der Waals surface area contributed by atoms with Gasteiger partial charge in [-0.25, -0.2) is 0 Å². The van der Waals surface area contributed by atoms with Crippen LogP contribution in [0.2, 0.25) is 0 Å². The van der Waals surface area contributed by atoms with Crippen molar-refractivity contribution < 1.29 is 4.79 Å². The summed E-state index contributed by atoms with van der Waals surface area (Å²) in [7, 11) is 0. The Labute approximate surface area is 148 Å². The van der Waals surface area contributed by atoms with Gasteiger partial charge in [-0.1, -0.05) is 45.4 Å². The number of carbonyl (C=O) groups excluding carboxylic acids is 1. The van der Waals surface area contributed by atoms with E-state index in [-0.39, 0.29) is 5.92 Å². The highest BCUT2D eigenvalue weighted by molar-refractivity contribution is 5.79. The van der Waals surface area contributed by atoms with Gasteiger partial charge < -0.3 is 16.0 Å². The molecule has 2 aliphatic rings.